The van der Waals surface area contributed by atoms with E-state index in [9.17, 15) is 4.79 Å². The van der Waals surface area contributed by atoms with Crippen molar-refractivity contribution in [2.75, 3.05) is 0 Å². The summed E-state index contributed by atoms with van der Waals surface area (Å²) in [7, 11) is 0. The second-order valence-electron chi connectivity index (χ2n) is 3.35. The van der Waals surface area contributed by atoms with Crippen molar-refractivity contribution in [1.82, 2.24) is 0 Å². The normalized spacial score (nSPS) is 44.2. The largest absolute Gasteiger partial charge is 0.431 e. The van der Waals surface area contributed by atoms with Crippen LogP contribution in [0.4, 0.5) is 0 Å². The Kier molecular flexibility index (Phi) is 1.45. The smallest absolute Gasteiger partial charge is 0.340 e. The third kappa shape index (κ3) is 1.01. The summed E-state index contributed by atoms with van der Waals surface area (Å²) in [6.07, 6.45) is -2.63. The Morgan fingerprint density at radius 1 is 1.42 bits per heavy atom. The summed E-state index contributed by atoms with van der Waals surface area (Å²) in [6, 6.07) is 0. The molecule has 0 amide bonds. The molecule has 0 spiro atoms. The van der Waals surface area contributed by atoms with Gasteiger partial charge in [-0.2, -0.15) is 0 Å². The third-order valence-corrected chi connectivity index (χ3v) is 1.88. The van der Waals surface area contributed by atoms with Crippen molar-refractivity contribution in [3.8, 4) is 0 Å². The molecule has 2 heterocycles. The van der Waals surface area contributed by atoms with Crippen LogP contribution in [0.1, 0.15) is 13.8 Å². The predicted molar refractivity (Wildman–Crippen MR) is 35.9 cm³/mol. The van der Waals surface area contributed by atoms with Gasteiger partial charge in [-0.15, -0.1) is 0 Å². The van der Waals surface area contributed by atoms with E-state index in [1.165, 1.54) is 0 Å². The van der Waals surface area contributed by atoms with Gasteiger partial charge in [0.2, 0.25) is 6.29 Å². The maximum atomic E-state index is 11.0. The number of aliphatic hydroxyl groups excluding tert-OH is 1. The number of fused-ring (bicyclic) bond motifs is 1. The summed E-state index contributed by atoms with van der Waals surface area (Å²) >= 11 is 0. The number of esters is 1. The quantitative estimate of drug-likeness (QED) is 0.496. The zero-order valence-electron chi connectivity index (χ0n) is 6.81. The van der Waals surface area contributed by atoms with Gasteiger partial charge >= 0.3 is 5.97 Å². The summed E-state index contributed by atoms with van der Waals surface area (Å²) in [5.41, 5.74) is 0. The standard InChI is InChI=1S/C7H10O5/c1-7(2)11-3-4(12-7)6(9)10-5(3)8/h3-5,8H,1-2H3/t3-,4+,5+/m0/s1. The van der Waals surface area contributed by atoms with Gasteiger partial charge in [0.05, 0.1) is 0 Å². The molecule has 0 radical (unpaired) electrons. The minimum absolute atomic E-state index is 0.557. The third-order valence-electron chi connectivity index (χ3n) is 1.88. The average molecular weight is 174 g/mol. The number of carbonyl (C=O) groups excluding carboxylic acids is 1. The molecular weight excluding hydrogens is 164 g/mol. The Hall–Kier alpha value is -0.650. The van der Waals surface area contributed by atoms with Crippen LogP contribution >= 0.6 is 0 Å². The molecule has 1 N–H and O–H groups in total. The van der Waals surface area contributed by atoms with Gasteiger partial charge in [-0.25, -0.2) is 4.79 Å². The molecule has 0 saturated carbocycles. The minimum atomic E-state index is -1.19. The highest BCUT2D eigenvalue weighted by atomic mass is 16.8. The highest BCUT2D eigenvalue weighted by Gasteiger charge is 2.55. The molecule has 2 aliphatic heterocycles. The Labute approximate surface area is 69.2 Å². The summed E-state index contributed by atoms with van der Waals surface area (Å²) in [5.74, 6) is -1.37. The molecule has 3 atom stereocenters. The molecule has 0 aromatic rings. The van der Waals surface area contributed by atoms with E-state index in [2.05, 4.69) is 4.74 Å². The van der Waals surface area contributed by atoms with Gasteiger partial charge in [0, 0.05) is 0 Å². The van der Waals surface area contributed by atoms with E-state index < -0.39 is 30.3 Å². The first-order chi connectivity index (χ1) is 5.49. The summed E-state index contributed by atoms with van der Waals surface area (Å²) in [5, 5.41) is 9.15. The molecular formula is C7H10O5. The molecule has 0 aromatic carbocycles. The van der Waals surface area contributed by atoms with Crippen molar-refractivity contribution in [3.63, 3.8) is 0 Å². The maximum Gasteiger partial charge on any atom is 0.340 e. The van der Waals surface area contributed by atoms with Gasteiger partial charge in [-0.3, -0.25) is 0 Å². The molecule has 5 heteroatoms. The first kappa shape index (κ1) is 7.97. The first-order valence-electron chi connectivity index (χ1n) is 3.74. The Balaban J connectivity index is 2.20. The van der Waals surface area contributed by atoms with E-state index in [0.29, 0.717) is 0 Å². The lowest BCUT2D eigenvalue weighted by Crippen LogP contribution is -2.29. The van der Waals surface area contributed by atoms with Crippen molar-refractivity contribution in [1.29, 1.82) is 0 Å². The van der Waals surface area contributed by atoms with Crippen molar-refractivity contribution >= 4 is 5.97 Å². The molecule has 2 fully saturated rings. The Morgan fingerprint density at radius 3 is 2.67 bits per heavy atom. The summed E-state index contributed by atoms with van der Waals surface area (Å²) in [4.78, 5) is 11.0. The monoisotopic (exact) mass is 174 g/mol. The number of carbonyl (C=O) groups is 1. The van der Waals surface area contributed by atoms with Crippen LogP contribution in [0.25, 0.3) is 0 Å². The average Bonchev–Trinajstić information content (AvgIpc) is 2.34. The van der Waals surface area contributed by atoms with Gasteiger partial charge in [0.15, 0.2) is 18.0 Å². The lowest BCUT2D eigenvalue weighted by atomic mass is 10.2. The predicted octanol–water partition coefficient (Wildman–Crippen LogP) is -0.618. The number of aliphatic hydroxyl groups is 1. The minimum Gasteiger partial charge on any atom is -0.431 e. The van der Waals surface area contributed by atoms with Crippen molar-refractivity contribution in [2.24, 2.45) is 0 Å². The molecule has 68 valence electrons. The number of rotatable bonds is 0. The number of hydrogen-bond donors (Lipinski definition) is 1. The fourth-order valence-electron chi connectivity index (χ4n) is 1.43. The molecule has 0 bridgehead atoms. The molecule has 2 aliphatic rings. The van der Waals surface area contributed by atoms with E-state index in [4.69, 9.17) is 14.6 Å². The van der Waals surface area contributed by atoms with Crippen LogP contribution in [-0.4, -0.2) is 35.4 Å². The second-order valence-corrected chi connectivity index (χ2v) is 3.35. The highest BCUT2D eigenvalue weighted by molar-refractivity contribution is 5.78. The van der Waals surface area contributed by atoms with E-state index in [1.807, 2.05) is 0 Å². The van der Waals surface area contributed by atoms with Crippen molar-refractivity contribution in [2.45, 2.75) is 38.1 Å². The van der Waals surface area contributed by atoms with E-state index in [1.54, 1.807) is 13.8 Å². The van der Waals surface area contributed by atoms with Gasteiger partial charge in [0.1, 0.15) is 0 Å². The lowest BCUT2D eigenvalue weighted by molar-refractivity contribution is -0.209. The summed E-state index contributed by atoms with van der Waals surface area (Å²) in [6.45, 7) is 3.37. The fourth-order valence-corrected chi connectivity index (χ4v) is 1.43. The topological polar surface area (TPSA) is 65.0 Å². The van der Waals surface area contributed by atoms with Crippen molar-refractivity contribution in [3.05, 3.63) is 0 Å². The Morgan fingerprint density at radius 2 is 2.08 bits per heavy atom. The molecule has 2 saturated heterocycles. The molecule has 2 rings (SSSR count). The number of ether oxygens (including phenoxy) is 3. The van der Waals surface area contributed by atoms with Gasteiger partial charge < -0.3 is 19.3 Å². The van der Waals surface area contributed by atoms with Crippen LogP contribution in [0.3, 0.4) is 0 Å². The molecule has 0 unspecified atom stereocenters. The van der Waals surface area contributed by atoms with E-state index in [0.717, 1.165) is 0 Å². The van der Waals surface area contributed by atoms with Gasteiger partial charge in [0.25, 0.3) is 0 Å². The van der Waals surface area contributed by atoms with E-state index >= 15 is 0 Å². The van der Waals surface area contributed by atoms with Gasteiger partial charge in [-0.1, -0.05) is 0 Å². The Bertz CT molecular complexity index is 224. The van der Waals surface area contributed by atoms with E-state index in [-0.39, 0.29) is 0 Å². The maximum absolute atomic E-state index is 11.0. The van der Waals surface area contributed by atoms with Crippen LogP contribution in [0.5, 0.6) is 0 Å². The SMILES string of the molecule is CC1(C)O[C@@H]2[C@H](O)OC(=O)[C@@H]2O1. The zero-order valence-corrected chi connectivity index (χ0v) is 6.81. The zero-order chi connectivity index (χ0) is 8.93. The summed E-state index contributed by atoms with van der Waals surface area (Å²) < 4.78 is 14.9. The fraction of sp³-hybridized carbons (Fsp3) is 0.857. The second kappa shape index (κ2) is 2.18. The van der Waals surface area contributed by atoms with Crippen LogP contribution in [0.2, 0.25) is 0 Å². The number of cyclic esters (lactones) is 1. The van der Waals surface area contributed by atoms with Crippen LogP contribution in [0.15, 0.2) is 0 Å². The lowest BCUT2D eigenvalue weighted by Gasteiger charge is -2.18. The van der Waals surface area contributed by atoms with Crippen molar-refractivity contribution < 1.29 is 24.1 Å². The first-order valence-corrected chi connectivity index (χ1v) is 3.74. The molecule has 5 nitrogen and oxygen atoms in total. The molecule has 0 aliphatic carbocycles. The van der Waals surface area contributed by atoms with Crippen LogP contribution in [-0.2, 0) is 19.0 Å². The van der Waals surface area contributed by atoms with Crippen LogP contribution in [0, 0.1) is 0 Å². The van der Waals surface area contributed by atoms with Gasteiger partial charge in [-0.05, 0) is 13.8 Å². The highest BCUT2D eigenvalue weighted by Crippen LogP contribution is 2.34. The van der Waals surface area contributed by atoms with Crippen LogP contribution < -0.4 is 0 Å². The number of hydrogen-bond acceptors (Lipinski definition) is 5. The molecule has 0 aromatic heterocycles. The molecule has 12 heavy (non-hydrogen) atoms.